The smallest absolute Gasteiger partial charge is 0.350 e. The van der Waals surface area contributed by atoms with Crippen molar-refractivity contribution in [2.45, 2.75) is 38.5 Å². The van der Waals surface area contributed by atoms with Gasteiger partial charge in [0.1, 0.15) is 11.9 Å². The summed E-state index contributed by atoms with van der Waals surface area (Å²) in [5.41, 5.74) is 0.492. The third-order valence-corrected chi connectivity index (χ3v) is 8.29. The van der Waals surface area contributed by atoms with E-state index in [1.54, 1.807) is 43.3 Å². The molecule has 4 aromatic rings. The Morgan fingerprint density at radius 1 is 1.04 bits per heavy atom. The number of carbonyl (C=O) groups is 2. The van der Waals surface area contributed by atoms with E-state index in [2.05, 4.69) is 5.32 Å². The molecule has 3 atom stereocenters. The number of hydrogen-bond donors (Lipinski definition) is 2. The highest BCUT2D eigenvalue weighted by Gasteiger charge is 2.42. The zero-order valence-corrected chi connectivity index (χ0v) is 26.9. The Kier molecular flexibility index (Phi) is 10.7. The van der Waals surface area contributed by atoms with Crippen molar-refractivity contribution in [1.82, 2.24) is 9.80 Å². The van der Waals surface area contributed by atoms with E-state index in [9.17, 15) is 19.1 Å². The summed E-state index contributed by atoms with van der Waals surface area (Å²) in [6, 6.07) is 24.0. The molecule has 0 aromatic heterocycles. The van der Waals surface area contributed by atoms with E-state index in [-0.39, 0.29) is 41.8 Å². The van der Waals surface area contributed by atoms with E-state index in [1.165, 1.54) is 53.4 Å². The van der Waals surface area contributed by atoms with Crippen molar-refractivity contribution in [3.05, 3.63) is 120 Å². The van der Waals surface area contributed by atoms with E-state index in [0.717, 1.165) is 5.56 Å². The summed E-state index contributed by atoms with van der Waals surface area (Å²) in [4.78, 5) is 30.3. The molecule has 1 aliphatic heterocycles. The first-order valence-corrected chi connectivity index (χ1v) is 15.6. The van der Waals surface area contributed by atoms with Gasteiger partial charge in [0.05, 0.1) is 23.9 Å². The number of nitrogens with zero attached hydrogens (tertiary/aromatic N) is 2. The fourth-order valence-electron chi connectivity index (χ4n) is 5.54. The van der Waals surface area contributed by atoms with Gasteiger partial charge in [-0.25, -0.2) is 4.39 Å². The van der Waals surface area contributed by atoms with Crippen LogP contribution in [0.15, 0.2) is 97.1 Å². The molecule has 0 unspecified atom stereocenters. The first-order valence-electron chi connectivity index (χ1n) is 15.6. The number of anilines is 1. The van der Waals surface area contributed by atoms with Gasteiger partial charge in [-0.15, -0.1) is 0 Å². The van der Waals surface area contributed by atoms with Crippen molar-refractivity contribution in [3.8, 4) is 17.2 Å². The first-order chi connectivity index (χ1) is 23.0. The van der Waals surface area contributed by atoms with Crippen LogP contribution in [0.4, 0.5) is 18.9 Å². The molecule has 0 aliphatic carbocycles. The number of amides is 2. The van der Waals surface area contributed by atoms with E-state index in [0.29, 0.717) is 18.8 Å². The number of halogens is 3. The highest BCUT2D eigenvalue weighted by atomic mass is 19.3. The van der Waals surface area contributed by atoms with Crippen LogP contribution in [0.1, 0.15) is 35.3 Å². The maximum absolute atomic E-state index is 15.2. The second-order valence-electron chi connectivity index (χ2n) is 12.1. The summed E-state index contributed by atoms with van der Waals surface area (Å²) in [5, 5.41) is 12.3. The predicted octanol–water partition coefficient (Wildman–Crippen LogP) is 6.70. The summed E-state index contributed by atoms with van der Waals surface area (Å²) in [6.45, 7) is 4.48. The monoisotopic (exact) mass is 661 g/mol. The van der Waals surface area contributed by atoms with E-state index >= 15 is 8.78 Å². The molecule has 0 spiro atoms. The third kappa shape index (κ3) is 7.80. The molecule has 5 rings (SSSR count). The van der Waals surface area contributed by atoms with E-state index in [4.69, 9.17) is 9.47 Å². The lowest BCUT2D eigenvalue weighted by atomic mass is 9.98. The van der Waals surface area contributed by atoms with Crippen LogP contribution in [0.3, 0.4) is 0 Å². The number of rotatable bonds is 11. The fourth-order valence-corrected chi connectivity index (χ4v) is 5.54. The number of aliphatic hydroxyl groups excluding tert-OH is 1. The van der Waals surface area contributed by atoms with Crippen molar-refractivity contribution in [1.29, 1.82) is 0 Å². The first kappa shape index (κ1) is 34.5. The van der Waals surface area contributed by atoms with Crippen molar-refractivity contribution in [2.75, 3.05) is 32.1 Å². The van der Waals surface area contributed by atoms with Gasteiger partial charge in [-0.2, -0.15) is 8.78 Å². The summed E-state index contributed by atoms with van der Waals surface area (Å²) >= 11 is 0. The predicted molar refractivity (Wildman–Crippen MR) is 176 cm³/mol. The average Bonchev–Trinajstić information content (AvgIpc) is 3.08. The number of hydrogen-bond acceptors (Lipinski definition) is 6. The van der Waals surface area contributed by atoms with Crippen LogP contribution in [-0.2, 0) is 17.3 Å². The van der Waals surface area contributed by atoms with Crippen molar-refractivity contribution in [2.24, 2.45) is 5.92 Å². The maximum Gasteiger partial charge on any atom is 0.350 e. The Morgan fingerprint density at radius 3 is 2.42 bits per heavy atom. The van der Waals surface area contributed by atoms with Gasteiger partial charge in [0, 0.05) is 31.1 Å². The normalized spacial score (nSPS) is 17.2. The molecule has 48 heavy (non-hydrogen) atoms. The lowest BCUT2D eigenvalue weighted by Gasteiger charge is -2.38. The molecule has 252 valence electrons. The molecule has 1 aliphatic rings. The van der Waals surface area contributed by atoms with Crippen LogP contribution < -0.4 is 14.8 Å². The van der Waals surface area contributed by atoms with Crippen LogP contribution in [0.25, 0.3) is 0 Å². The Labute approximate surface area is 277 Å². The lowest BCUT2D eigenvalue weighted by Crippen LogP contribution is -2.49. The molecule has 2 amide bonds. The molecule has 11 heteroatoms. The Balaban J connectivity index is 1.38. The minimum Gasteiger partial charge on any atom is -0.486 e. The van der Waals surface area contributed by atoms with Crippen LogP contribution in [0.2, 0.25) is 0 Å². The zero-order chi connectivity index (χ0) is 34.4. The van der Waals surface area contributed by atoms with Crippen molar-refractivity contribution in [3.63, 3.8) is 0 Å². The Hall–Kier alpha value is -4.87. The molecule has 0 fully saturated rings. The third-order valence-electron chi connectivity index (χ3n) is 8.29. The molecule has 1 heterocycles. The SMILES string of the molecule is C[C@@H]1CN([C@@H](C)CO)C(=O)c2cccc(NC(=O)C(F)(F)c3ccccc3)c2O[C@@H]1CN(C)Cc1ccc(Oc2ccccc2F)cc1. The second-order valence-corrected chi connectivity index (χ2v) is 12.1. The largest absolute Gasteiger partial charge is 0.486 e. The number of alkyl halides is 2. The molecule has 0 bridgehead atoms. The number of benzene rings is 4. The second kappa shape index (κ2) is 14.9. The van der Waals surface area contributed by atoms with Gasteiger partial charge in [-0.05, 0) is 55.9 Å². The minimum atomic E-state index is -3.85. The van der Waals surface area contributed by atoms with Gasteiger partial charge in [0.15, 0.2) is 17.3 Å². The van der Waals surface area contributed by atoms with Gasteiger partial charge < -0.3 is 24.8 Å². The molecule has 0 saturated heterocycles. The summed E-state index contributed by atoms with van der Waals surface area (Å²) in [6.07, 6.45) is -0.549. The van der Waals surface area contributed by atoms with Gasteiger partial charge >= 0.3 is 5.92 Å². The highest BCUT2D eigenvalue weighted by molar-refractivity contribution is 6.03. The number of ether oxygens (including phenoxy) is 2. The molecular formula is C37H38F3N3O5. The fraction of sp³-hybridized carbons (Fsp3) is 0.297. The summed E-state index contributed by atoms with van der Waals surface area (Å²) < 4.78 is 56.5. The van der Waals surface area contributed by atoms with Crippen LogP contribution in [0, 0.1) is 11.7 Å². The van der Waals surface area contributed by atoms with Crippen LogP contribution in [-0.4, -0.2) is 65.6 Å². The number of fused-ring (bicyclic) bond motifs is 1. The minimum absolute atomic E-state index is 0.0190. The molecule has 8 nitrogen and oxygen atoms in total. The molecule has 4 aromatic carbocycles. The molecule has 2 N–H and O–H groups in total. The standard InChI is InChI=1S/C37H38F3N3O5/c1-24-20-43(25(2)23-44)35(45)29-12-9-14-31(41-36(46)37(39,40)27-10-5-4-6-11-27)34(29)48-33(24)22-42(3)21-26-16-18-28(19-17-26)47-32-15-8-7-13-30(32)38/h4-19,24-25,33,44H,20-23H2,1-3H3,(H,41,46)/t24-,25+,33-/m1/s1. The maximum atomic E-state index is 15.2. The van der Waals surface area contributed by atoms with Crippen LogP contribution >= 0.6 is 0 Å². The molecule has 0 radical (unpaired) electrons. The Morgan fingerprint density at radius 2 is 1.73 bits per heavy atom. The quantitative estimate of drug-likeness (QED) is 0.186. The van der Waals surface area contributed by atoms with E-state index in [1.807, 2.05) is 31.0 Å². The summed E-state index contributed by atoms with van der Waals surface area (Å²) in [5.74, 6) is -6.00. The van der Waals surface area contributed by atoms with E-state index < -0.39 is 41.3 Å². The lowest BCUT2D eigenvalue weighted by molar-refractivity contribution is -0.140. The number of carbonyl (C=O) groups excluding carboxylic acids is 2. The molecule has 0 saturated carbocycles. The van der Waals surface area contributed by atoms with Crippen molar-refractivity contribution >= 4 is 17.5 Å². The van der Waals surface area contributed by atoms with Gasteiger partial charge in [-0.3, -0.25) is 14.5 Å². The van der Waals surface area contributed by atoms with Gasteiger partial charge in [0.25, 0.3) is 11.8 Å². The topological polar surface area (TPSA) is 91.3 Å². The zero-order valence-electron chi connectivity index (χ0n) is 26.9. The van der Waals surface area contributed by atoms with Crippen LogP contribution in [0.5, 0.6) is 17.2 Å². The number of aliphatic hydroxyl groups is 1. The van der Waals surface area contributed by atoms with Gasteiger partial charge in [-0.1, -0.05) is 67.6 Å². The van der Waals surface area contributed by atoms with Gasteiger partial charge in [0.2, 0.25) is 0 Å². The Bertz CT molecular complexity index is 1720. The number of nitrogens with one attached hydrogen (secondary N) is 1. The summed E-state index contributed by atoms with van der Waals surface area (Å²) in [7, 11) is 1.90. The average molecular weight is 662 g/mol. The molecular weight excluding hydrogens is 623 g/mol. The number of likely N-dealkylation sites (N-methyl/N-ethyl adjacent to an activating group) is 1. The van der Waals surface area contributed by atoms with Crippen molar-refractivity contribution < 1.29 is 37.3 Å². The highest BCUT2D eigenvalue weighted by Crippen LogP contribution is 2.37. The number of para-hydroxylation sites is 2.